The van der Waals surface area contributed by atoms with E-state index in [9.17, 15) is 8.42 Å². The Morgan fingerprint density at radius 1 is 1.52 bits per heavy atom. The summed E-state index contributed by atoms with van der Waals surface area (Å²) in [5, 5.41) is 3.04. The smallest absolute Gasteiger partial charge is 0.246 e. The van der Waals surface area contributed by atoms with Crippen molar-refractivity contribution in [3.63, 3.8) is 0 Å². The third-order valence-corrected chi connectivity index (χ3v) is 4.80. The standard InChI is InChI=1S/C15H22N2O3S/c1-4-8-16-13-6-5-7-14-15(13)21(18,19)17-12(10-20-14)9-11(2)3/h4-7,11-12,16-17H,1,8-10H2,2-3H3/t12-/m1/s1. The lowest BCUT2D eigenvalue weighted by atomic mass is 10.1. The lowest BCUT2D eigenvalue weighted by Gasteiger charge is -2.16. The van der Waals surface area contributed by atoms with Gasteiger partial charge in [-0.3, -0.25) is 0 Å². The molecule has 0 saturated heterocycles. The van der Waals surface area contributed by atoms with Crippen LogP contribution in [-0.4, -0.2) is 27.6 Å². The third kappa shape index (κ3) is 3.77. The summed E-state index contributed by atoms with van der Waals surface area (Å²) in [5.74, 6) is 0.781. The molecule has 0 aliphatic carbocycles. The zero-order valence-electron chi connectivity index (χ0n) is 12.4. The first-order valence-corrected chi connectivity index (χ1v) is 8.55. The highest BCUT2D eigenvalue weighted by molar-refractivity contribution is 7.89. The van der Waals surface area contributed by atoms with E-state index in [1.54, 1.807) is 24.3 Å². The van der Waals surface area contributed by atoms with Crippen molar-refractivity contribution in [2.45, 2.75) is 31.2 Å². The van der Waals surface area contributed by atoms with Crippen molar-refractivity contribution in [1.82, 2.24) is 4.72 Å². The van der Waals surface area contributed by atoms with Gasteiger partial charge >= 0.3 is 0 Å². The molecule has 116 valence electrons. The van der Waals surface area contributed by atoms with Gasteiger partial charge in [0.2, 0.25) is 10.0 Å². The molecule has 0 fully saturated rings. The van der Waals surface area contributed by atoms with Gasteiger partial charge in [0.25, 0.3) is 0 Å². The van der Waals surface area contributed by atoms with Gasteiger partial charge in [-0.1, -0.05) is 26.0 Å². The molecule has 1 aliphatic heterocycles. The Bertz CT molecular complexity index is 611. The van der Waals surface area contributed by atoms with Gasteiger partial charge in [0, 0.05) is 6.54 Å². The zero-order chi connectivity index (χ0) is 15.5. The fourth-order valence-electron chi connectivity index (χ4n) is 2.42. The minimum Gasteiger partial charge on any atom is -0.490 e. The van der Waals surface area contributed by atoms with Crippen LogP contribution >= 0.6 is 0 Å². The molecule has 1 heterocycles. The van der Waals surface area contributed by atoms with Crippen molar-refractivity contribution in [2.75, 3.05) is 18.5 Å². The van der Waals surface area contributed by atoms with Crippen LogP contribution in [0.3, 0.4) is 0 Å². The second kappa shape index (κ2) is 6.49. The van der Waals surface area contributed by atoms with Crippen LogP contribution in [0.2, 0.25) is 0 Å². The molecular weight excluding hydrogens is 288 g/mol. The summed E-state index contributed by atoms with van der Waals surface area (Å²) in [4.78, 5) is 0.179. The van der Waals surface area contributed by atoms with Crippen LogP contribution in [0.15, 0.2) is 35.7 Å². The van der Waals surface area contributed by atoms with Gasteiger partial charge in [0.15, 0.2) is 0 Å². The lowest BCUT2D eigenvalue weighted by molar-refractivity contribution is 0.262. The SMILES string of the molecule is C=CCNc1cccc2c1S(=O)(=O)N[C@H](CC(C)C)CO2. The highest BCUT2D eigenvalue weighted by Gasteiger charge is 2.30. The Kier molecular flexibility index (Phi) is 4.90. The van der Waals surface area contributed by atoms with E-state index in [1.165, 1.54) is 0 Å². The van der Waals surface area contributed by atoms with E-state index in [0.29, 0.717) is 30.5 Å². The van der Waals surface area contributed by atoms with E-state index in [2.05, 4.69) is 30.5 Å². The average Bonchev–Trinajstić information content (AvgIpc) is 2.53. The maximum Gasteiger partial charge on any atom is 0.246 e. The summed E-state index contributed by atoms with van der Waals surface area (Å²) in [5.41, 5.74) is 0.532. The van der Waals surface area contributed by atoms with Crippen LogP contribution in [0.5, 0.6) is 5.75 Å². The highest BCUT2D eigenvalue weighted by atomic mass is 32.2. The first-order valence-electron chi connectivity index (χ1n) is 7.07. The van der Waals surface area contributed by atoms with E-state index in [1.807, 2.05) is 0 Å². The fraction of sp³-hybridized carbons (Fsp3) is 0.467. The number of fused-ring (bicyclic) bond motifs is 1. The number of sulfonamides is 1. The van der Waals surface area contributed by atoms with Gasteiger partial charge in [0.05, 0.1) is 11.7 Å². The Morgan fingerprint density at radius 2 is 2.29 bits per heavy atom. The van der Waals surface area contributed by atoms with Gasteiger partial charge in [-0.25, -0.2) is 13.1 Å². The van der Waals surface area contributed by atoms with Crippen LogP contribution < -0.4 is 14.8 Å². The van der Waals surface area contributed by atoms with Crippen LogP contribution in [0.25, 0.3) is 0 Å². The molecule has 6 heteroatoms. The van der Waals surface area contributed by atoms with Crippen molar-refractivity contribution in [3.8, 4) is 5.75 Å². The predicted molar refractivity (Wildman–Crippen MR) is 84.2 cm³/mol. The zero-order valence-corrected chi connectivity index (χ0v) is 13.2. The van der Waals surface area contributed by atoms with E-state index in [-0.39, 0.29) is 10.9 Å². The summed E-state index contributed by atoms with van der Waals surface area (Å²) < 4.78 is 33.7. The molecule has 0 amide bonds. The van der Waals surface area contributed by atoms with Crippen molar-refractivity contribution in [1.29, 1.82) is 0 Å². The average molecular weight is 310 g/mol. The van der Waals surface area contributed by atoms with Gasteiger partial charge < -0.3 is 10.1 Å². The van der Waals surface area contributed by atoms with Crippen molar-refractivity contribution in [2.24, 2.45) is 5.92 Å². The van der Waals surface area contributed by atoms with E-state index in [4.69, 9.17) is 4.74 Å². The second-order valence-corrected chi connectivity index (χ2v) is 7.21. The monoisotopic (exact) mass is 310 g/mol. The van der Waals surface area contributed by atoms with Crippen molar-refractivity contribution < 1.29 is 13.2 Å². The maximum atomic E-state index is 12.6. The predicted octanol–water partition coefficient (Wildman–Crippen LogP) is 2.37. The van der Waals surface area contributed by atoms with Crippen LogP contribution in [0.1, 0.15) is 20.3 Å². The summed E-state index contributed by atoms with van der Waals surface area (Å²) in [6, 6.07) is 4.98. The van der Waals surface area contributed by atoms with E-state index < -0.39 is 10.0 Å². The van der Waals surface area contributed by atoms with Gasteiger partial charge in [-0.05, 0) is 24.5 Å². The topological polar surface area (TPSA) is 67.4 Å². The largest absolute Gasteiger partial charge is 0.490 e. The molecule has 0 unspecified atom stereocenters. The molecule has 0 bridgehead atoms. The molecule has 0 radical (unpaired) electrons. The molecule has 2 N–H and O–H groups in total. The third-order valence-electron chi connectivity index (χ3n) is 3.20. The second-order valence-electron chi connectivity index (χ2n) is 5.56. The van der Waals surface area contributed by atoms with Crippen LogP contribution in [0.4, 0.5) is 5.69 Å². The van der Waals surface area contributed by atoms with E-state index >= 15 is 0 Å². The number of anilines is 1. The number of rotatable bonds is 5. The Balaban J connectivity index is 2.38. The normalized spacial score (nSPS) is 20.2. The summed E-state index contributed by atoms with van der Waals surface area (Å²) in [7, 11) is -3.61. The Hall–Kier alpha value is -1.53. The molecular formula is C15H22N2O3S. The summed E-state index contributed by atoms with van der Waals surface area (Å²) in [6.45, 7) is 8.58. The van der Waals surface area contributed by atoms with Gasteiger partial charge in [-0.2, -0.15) is 0 Å². The number of ether oxygens (including phenoxy) is 1. The molecule has 0 spiro atoms. The molecule has 0 saturated carbocycles. The van der Waals surface area contributed by atoms with E-state index in [0.717, 1.165) is 6.42 Å². The minimum absolute atomic E-state index is 0.179. The molecule has 1 atom stereocenters. The molecule has 1 aliphatic rings. The quantitative estimate of drug-likeness (QED) is 0.819. The lowest BCUT2D eigenvalue weighted by Crippen LogP contribution is -2.37. The van der Waals surface area contributed by atoms with Gasteiger partial charge in [0.1, 0.15) is 17.3 Å². The van der Waals surface area contributed by atoms with Crippen molar-refractivity contribution >= 4 is 15.7 Å². The van der Waals surface area contributed by atoms with Crippen LogP contribution in [-0.2, 0) is 10.0 Å². The van der Waals surface area contributed by atoms with Crippen molar-refractivity contribution in [3.05, 3.63) is 30.9 Å². The Labute approximate surface area is 126 Å². The Morgan fingerprint density at radius 3 is 2.95 bits per heavy atom. The van der Waals surface area contributed by atoms with Crippen LogP contribution in [0, 0.1) is 5.92 Å². The summed E-state index contributed by atoms with van der Waals surface area (Å²) in [6.07, 6.45) is 2.42. The summed E-state index contributed by atoms with van der Waals surface area (Å²) >= 11 is 0. The molecule has 2 rings (SSSR count). The molecule has 1 aromatic carbocycles. The maximum absolute atomic E-state index is 12.6. The highest BCUT2D eigenvalue weighted by Crippen LogP contribution is 2.33. The molecule has 21 heavy (non-hydrogen) atoms. The van der Waals surface area contributed by atoms with Gasteiger partial charge in [-0.15, -0.1) is 6.58 Å². The molecule has 0 aromatic heterocycles. The first kappa shape index (κ1) is 15.9. The fourth-order valence-corrected chi connectivity index (χ4v) is 3.96. The molecule has 5 nitrogen and oxygen atoms in total. The first-order chi connectivity index (χ1) is 9.94. The number of hydrogen-bond acceptors (Lipinski definition) is 4. The number of benzene rings is 1. The number of nitrogens with one attached hydrogen (secondary N) is 2. The minimum atomic E-state index is -3.61. The molecule has 1 aromatic rings. The number of hydrogen-bond donors (Lipinski definition) is 2.